The Morgan fingerprint density at radius 3 is 2.22 bits per heavy atom. The fourth-order valence-corrected chi connectivity index (χ4v) is 3.58. The summed E-state index contributed by atoms with van der Waals surface area (Å²) in [5.41, 5.74) is 6.31. The molecule has 1 aliphatic carbocycles. The van der Waals surface area contributed by atoms with E-state index in [2.05, 4.69) is 18.7 Å². The van der Waals surface area contributed by atoms with E-state index >= 15 is 0 Å². The van der Waals surface area contributed by atoms with Crippen molar-refractivity contribution in [2.24, 2.45) is 5.73 Å². The third kappa shape index (κ3) is 2.87. The van der Waals surface area contributed by atoms with Crippen molar-refractivity contribution in [3.05, 3.63) is 0 Å². The first-order chi connectivity index (χ1) is 8.59. The molecule has 4 nitrogen and oxygen atoms in total. The molecule has 0 amide bonds. The molecule has 1 heterocycles. The van der Waals surface area contributed by atoms with E-state index in [1.165, 1.54) is 0 Å². The summed E-state index contributed by atoms with van der Waals surface area (Å²) in [4.78, 5) is 2.58. The Morgan fingerprint density at radius 1 is 1.22 bits per heavy atom. The summed E-state index contributed by atoms with van der Waals surface area (Å²) >= 11 is 0. The molecule has 4 heteroatoms. The van der Waals surface area contributed by atoms with Crippen LogP contribution >= 0.6 is 0 Å². The van der Waals surface area contributed by atoms with E-state index in [1.807, 2.05) is 7.11 Å². The summed E-state index contributed by atoms with van der Waals surface area (Å²) in [7, 11) is 1.82. The Hall–Kier alpha value is -0.160. The van der Waals surface area contributed by atoms with Crippen molar-refractivity contribution >= 4 is 0 Å². The summed E-state index contributed by atoms with van der Waals surface area (Å²) in [6.45, 7) is 7.10. The van der Waals surface area contributed by atoms with Crippen LogP contribution in [0.5, 0.6) is 0 Å². The molecule has 2 unspecified atom stereocenters. The molecule has 18 heavy (non-hydrogen) atoms. The van der Waals surface area contributed by atoms with Gasteiger partial charge in [0, 0.05) is 32.3 Å². The normalized spacial score (nSPS) is 43.0. The number of hydrogen-bond acceptors (Lipinski definition) is 4. The molecular weight excluding hydrogens is 228 g/mol. The average Bonchev–Trinajstić information content (AvgIpc) is 2.37. The van der Waals surface area contributed by atoms with E-state index < -0.39 is 0 Å². The van der Waals surface area contributed by atoms with Gasteiger partial charge < -0.3 is 15.2 Å². The maximum absolute atomic E-state index is 6.12. The fraction of sp³-hybridized carbons (Fsp3) is 1.00. The van der Waals surface area contributed by atoms with Gasteiger partial charge in [-0.05, 0) is 39.5 Å². The summed E-state index contributed by atoms with van der Waals surface area (Å²) in [6, 6.07) is 0. The zero-order valence-corrected chi connectivity index (χ0v) is 12.0. The highest BCUT2D eigenvalue weighted by Crippen LogP contribution is 2.35. The smallest absolute Gasteiger partial charge is 0.0678 e. The lowest BCUT2D eigenvalue weighted by Crippen LogP contribution is -2.62. The zero-order valence-electron chi connectivity index (χ0n) is 12.0. The van der Waals surface area contributed by atoms with Crippen LogP contribution in [-0.2, 0) is 9.47 Å². The van der Waals surface area contributed by atoms with Gasteiger partial charge in [0.05, 0.1) is 18.3 Å². The van der Waals surface area contributed by atoms with Crippen LogP contribution in [0.1, 0.15) is 39.5 Å². The average molecular weight is 256 g/mol. The van der Waals surface area contributed by atoms with Gasteiger partial charge in [-0.15, -0.1) is 0 Å². The zero-order chi connectivity index (χ0) is 13.2. The second-order valence-corrected chi connectivity index (χ2v) is 6.03. The van der Waals surface area contributed by atoms with Gasteiger partial charge in [0.15, 0.2) is 0 Å². The molecule has 0 radical (unpaired) electrons. The highest BCUT2D eigenvalue weighted by Gasteiger charge is 2.41. The fourth-order valence-electron chi connectivity index (χ4n) is 3.58. The Labute approximate surface area is 111 Å². The minimum absolute atomic E-state index is 0.182. The van der Waals surface area contributed by atoms with E-state index in [0.29, 0.717) is 18.3 Å². The summed E-state index contributed by atoms with van der Waals surface area (Å²) in [5, 5.41) is 0. The van der Waals surface area contributed by atoms with Crippen LogP contribution in [-0.4, -0.2) is 55.5 Å². The molecular formula is C14H28N2O2. The first-order valence-electron chi connectivity index (χ1n) is 7.23. The SMILES string of the molecule is COC1CCC(CN)(N2CC(C)OC(C)C2)CC1. The van der Waals surface area contributed by atoms with Gasteiger partial charge in [0.25, 0.3) is 0 Å². The number of hydrogen-bond donors (Lipinski definition) is 1. The number of methoxy groups -OCH3 is 1. The monoisotopic (exact) mass is 256 g/mol. The summed E-state index contributed by atoms with van der Waals surface area (Å²) in [6.07, 6.45) is 5.64. The maximum Gasteiger partial charge on any atom is 0.0678 e. The molecule has 1 aliphatic heterocycles. The molecule has 2 N–H and O–H groups in total. The quantitative estimate of drug-likeness (QED) is 0.829. The topological polar surface area (TPSA) is 47.7 Å². The van der Waals surface area contributed by atoms with Gasteiger partial charge >= 0.3 is 0 Å². The number of rotatable bonds is 3. The van der Waals surface area contributed by atoms with E-state index in [0.717, 1.165) is 45.3 Å². The summed E-state index contributed by atoms with van der Waals surface area (Å²) < 4.78 is 11.3. The molecule has 106 valence electrons. The number of nitrogens with zero attached hydrogens (tertiary/aromatic N) is 1. The molecule has 2 atom stereocenters. The molecule has 0 bridgehead atoms. The van der Waals surface area contributed by atoms with Crippen molar-refractivity contribution < 1.29 is 9.47 Å². The van der Waals surface area contributed by atoms with Gasteiger partial charge in [-0.25, -0.2) is 0 Å². The van der Waals surface area contributed by atoms with Gasteiger partial charge in [-0.2, -0.15) is 0 Å². The molecule has 1 saturated heterocycles. The predicted octanol–water partition coefficient (Wildman–Crippen LogP) is 1.38. The lowest BCUT2D eigenvalue weighted by molar-refractivity contribution is -0.114. The second kappa shape index (κ2) is 5.87. The first kappa shape index (κ1) is 14.3. The van der Waals surface area contributed by atoms with Crippen LogP contribution < -0.4 is 5.73 Å². The molecule has 0 aromatic heterocycles. The lowest BCUT2D eigenvalue weighted by Gasteiger charge is -2.51. The number of nitrogens with two attached hydrogens (primary N) is 1. The predicted molar refractivity (Wildman–Crippen MR) is 72.6 cm³/mol. The maximum atomic E-state index is 6.12. The van der Waals surface area contributed by atoms with Crippen LogP contribution in [0.2, 0.25) is 0 Å². The van der Waals surface area contributed by atoms with Gasteiger partial charge in [-0.1, -0.05) is 0 Å². The largest absolute Gasteiger partial charge is 0.381 e. The molecule has 0 aromatic rings. The second-order valence-electron chi connectivity index (χ2n) is 6.03. The van der Waals surface area contributed by atoms with Crippen LogP contribution in [0.25, 0.3) is 0 Å². The van der Waals surface area contributed by atoms with Crippen LogP contribution in [0.15, 0.2) is 0 Å². The van der Waals surface area contributed by atoms with E-state index in [4.69, 9.17) is 15.2 Å². The highest BCUT2D eigenvalue weighted by atomic mass is 16.5. The van der Waals surface area contributed by atoms with E-state index in [-0.39, 0.29) is 5.54 Å². The minimum Gasteiger partial charge on any atom is -0.381 e. The molecule has 0 aromatic carbocycles. The third-order valence-electron chi connectivity index (χ3n) is 4.67. The van der Waals surface area contributed by atoms with Crippen molar-refractivity contribution in [2.75, 3.05) is 26.7 Å². The van der Waals surface area contributed by atoms with Crippen LogP contribution in [0.4, 0.5) is 0 Å². The molecule has 2 rings (SSSR count). The Morgan fingerprint density at radius 2 is 1.78 bits per heavy atom. The molecule has 2 fully saturated rings. The van der Waals surface area contributed by atoms with Crippen molar-refractivity contribution in [1.29, 1.82) is 0 Å². The first-order valence-corrected chi connectivity index (χ1v) is 7.23. The van der Waals surface area contributed by atoms with Crippen molar-refractivity contribution in [3.63, 3.8) is 0 Å². The highest BCUT2D eigenvalue weighted by molar-refractivity contribution is 4.98. The standard InChI is InChI=1S/C14H28N2O2/c1-11-8-16(9-12(2)18-11)14(10-15)6-4-13(17-3)5-7-14/h11-13H,4-10,15H2,1-3H3. The Bertz CT molecular complexity index is 255. The van der Waals surface area contributed by atoms with Gasteiger partial charge in [0.2, 0.25) is 0 Å². The summed E-state index contributed by atoms with van der Waals surface area (Å²) in [5.74, 6) is 0. The van der Waals surface area contributed by atoms with Crippen molar-refractivity contribution in [3.8, 4) is 0 Å². The van der Waals surface area contributed by atoms with E-state index in [9.17, 15) is 0 Å². The molecule has 0 spiro atoms. The van der Waals surface area contributed by atoms with Crippen LogP contribution in [0, 0.1) is 0 Å². The van der Waals surface area contributed by atoms with Crippen molar-refractivity contribution in [2.45, 2.75) is 63.4 Å². The Balaban J connectivity index is 2.03. The third-order valence-corrected chi connectivity index (χ3v) is 4.67. The van der Waals surface area contributed by atoms with E-state index in [1.54, 1.807) is 0 Å². The molecule has 2 aliphatic rings. The Kier molecular flexibility index (Phi) is 4.64. The molecule has 1 saturated carbocycles. The number of ether oxygens (including phenoxy) is 2. The van der Waals surface area contributed by atoms with Crippen molar-refractivity contribution in [1.82, 2.24) is 4.90 Å². The van der Waals surface area contributed by atoms with Crippen LogP contribution in [0.3, 0.4) is 0 Å². The lowest BCUT2D eigenvalue weighted by atomic mass is 9.78. The van der Waals surface area contributed by atoms with Gasteiger partial charge in [0.1, 0.15) is 0 Å². The minimum atomic E-state index is 0.182. The van der Waals surface area contributed by atoms with Gasteiger partial charge in [-0.3, -0.25) is 4.90 Å². The number of morpholine rings is 1.